The van der Waals surface area contributed by atoms with Gasteiger partial charge in [0.1, 0.15) is 12.2 Å². The first-order valence-electron chi connectivity index (χ1n) is 8.04. The van der Waals surface area contributed by atoms with Gasteiger partial charge in [-0.2, -0.15) is 10.2 Å². The van der Waals surface area contributed by atoms with Gasteiger partial charge in [0.25, 0.3) is 0 Å². The van der Waals surface area contributed by atoms with E-state index in [1.54, 1.807) is 13.4 Å². The van der Waals surface area contributed by atoms with Crippen LogP contribution < -0.4 is 0 Å². The highest BCUT2D eigenvalue weighted by atomic mass is 16.5. The standard InChI is InChI=1S/C17H20N6O/c1-24-15-7-16(17-18-12-19-21-17)22(11-15)9-13-8-20-23(10-13)14-5-3-2-4-6-14/h2-6,8,10,12,15-16H,7,9,11H2,1H3,(H,18,19,21)/t15-,16+/m1/s1. The van der Waals surface area contributed by atoms with E-state index in [1.165, 1.54) is 5.56 Å². The van der Waals surface area contributed by atoms with Crippen LogP contribution in [0.5, 0.6) is 0 Å². The largest absolute Gasteiger partial charge is 0.380 e. The van der Waals surface area contributed by atoms with Gasteiger partial charge >= 0.3 is 0 Å². The van der Waals surface area contributed by atoms with E-state index in [-0.39, 0.29) is 12.1 Å². The van der Waals surface area contributed by atoms with Crippen LogP contribution in [-0.4, -0.2) is 49.6 Å². The van der Waals surface area contributed by atoms with Crippen molar-refractivity contribution < 1.29 is 4.74 Å². The first-order valence-corrected chi connectivity index (χ1v) is 8.04. The zero-order valence-electron chi connectivity index (χ0n) is 13.5. The van der Waals surface area contributed by atoms with Gasteiger partial charge < -0.3 is 4.74 Å². The van der Waals surface area contributed by atoms with E-state index < -0.39 is 0 Å². The van der Waals surface area contributed by atoms with Crippen molar-refractivity contribution in [2.45, 2.75) is 25.1 Å². The normalized spacial score (nSPS) is 21.4. The molecule has 1 aliphatic heterocycles. The third kappa shape index (κ3) is 2.95. The van der Waals surface area contributed by atoms with Gasteiger partial charge in [0.05, 0.1) is 24.0 Å². The van der Waals surface area contributed by atoms with Gasteiger partial charge in [-0.1, -0.05) is 18.2 Å². The molecule has 2 atom stereocenters. The Morgan fingerprint density at radius 3 is 2.92 bits per heavy atom. The van der Waals surface area contributed by atoms with Gasteiger partial charge in [0.15, 0.2) is 0 Å². The van der Waals surface area contributed by atoms with E-state index in [2.05, 4.69) is 31.4 Å². The lowest BCUT2D eigenvalue weighted by atomic mass is 10.2. The number of rotatable bonds is 5. The van der Waals surface area contributed by atoms with E-state index in [4.69, 9.17) is 4.74 Å². The number of H-pyrrole nitrogens is 1. The summed E-state index contributed by atoms with van der Waals surface area (Å²) >= 11 is 0. The number of aromatic amines is 1. The van der Waals surface area contributed by atoms with Crippen molar-refractivity contribution in [1.29, 1.82) is 0 Å². The molecule has 24 heavy (non-hydrogen) atoms. The fraction of sp³-hybridized carbons (Fsp3) is 0.353. The monoisotopic (exact) mass is 324 g/mol. The van der Waals surface area contributed by atoms with Crippen LogP contribution >= 0.6 is 0 Å². The molecule has 0 unspecified atom stereocenters. The number of benzene rings is 1. The van der Waals surface area contributed by atoms with Gasteiger partial charge in [-0.05, 0) is 18.6 Å². The molecular weight excluding hydrogens is 304 g/mol. The maximum absolute atomic E-state index is 5.56. The van der Waals surface area contributed by atoms with Crippen LogP contribution in [0.15, 0.2) is 49.1 Å². The van der Waals surface area contributed by atoms with Crippen molar-refractivity contribution >= 4 is 0 Å². The number of para-hydroxylation sites is 1. The summed E-state index contributed by atoms with van der Waals surface area (Å²) < 4.78 is 7.46. The average Bonchev–Trinajstić information content (AvgIpc) is 3.36. The molecule has 3 aromatic rings. The maximum Gasteiger partial charge on any atom is 0.141 e. The molecule has 124 valence electrons. The van der Waals surface area contributed by atoms with Crippen molar-refractivity contribution in [2.75, 3.05) is 13.7 Å². The van der Waals surface area contributed by atoms with Crippen LogP contribution in [0, 0.1) is 0 Å². The average molecular weight is 324 g/mol. The quantitative estimate of drug-likeness (QED) is 0.777. The number of nitrogens with zero attached hydrogens (tertiary/aromatic N) is 5. The SMILES string of the molecule is CO[C@@H]1C[C@@H](c2ncn[nH]2)N(Cc2cnn(-c3ccccc3)c2)C1. The molecule has 1 aromatic carbocycles. The summed E-state index contributed by atoms with van der Waals surface area (Å²) in [4.78, 5) is 6.69. The second-order valence-corrected chi connectivity index (χ2v) is 6.04. The Morgan fingerprint density at radius 1 is 1.29 bits per heavy atom. The Kier molecular flexibility index (Phi) is 4.10. The minimum Gasteiger partial charge on any atom is -0.380 e. The molecule has 0 spiro atoms. The fourth-order valence-corrected chi connectivity index (χ4v) is 3.27. The number of hydrogen-bond acceptors (Lipinski definition) is 5. The molecule has 3 heterocycles. The second-order valence-electron chi connectivity index (χ2n) is 6.04. The molecule has 1 saturated heterocycles. The van der Waals surface area contributed by atoms with Crippen LogP contribution in [-0.2, 0) is 11.3 Å². The summed E-state index contributed by atoms with van der Waals surface area (Å²) in [5.41, 5.74) is 2.23. The number of ether oxygens (including phenoxy) is 1. The molecule has 2 aromatic heterocycles. The summed E-state index contributed by atoms with van der Waals surface area (Å²) in [7, 11) is 1.76. The Labute approximate surface area is 140 Å². The Bertz CT molecular complexity index is 770. The molecule has 7 heteroatoms. The topological polar surface area (TPSA) is 71.9 Å². The van der Waals surface area contributed by atoms with Crippen LogP contribution in [0.4, 0.5) is 0 Å². The van der Waals surface area contributed by atoms with E-state index in [1.807, 2.05) is 41.2 Å². The van der Waals surface area contributed by atoms with E-state index in [0.717, 1.165) is 31.0 Å². The maximum atomic E-state index is 5.56. The van der Waals surface area contributed by atoms with Gasteiger partial charge in [0.2, 0.25) is 0 Å². The second kappa shape index (κ2) is 6.54. The Morgan fingerprint density at radius 2 is 2.17 bits per heavy atom. The molecule has 0 radical (unpaired) electrons. The highest BCUT2D eigenvalue weighted by Gasteiger charge is 2.35. The number of methoxy groups -OCH3 is 1. The number of likely N-dealkylation sites (tertiary alicyclic amines) is 1. The molecule has 4 rings (SSSR count). The molecule has 0 amide bonds. The smallest absolute Gasteiger partial charge is 0.141 e. The number of hydrogen-bond donors (Lipinski definition) is 1. The van der Waals surface area contributed by atoms with Gasteiger partial charge in [-0.25, -0.2) is 9.67 Å². The minimum absolute atomic E-state index is 0.192. The summed E-state index contributed by atoms with van der Waals surface area (Å²) in [6.45, 7) is 1.68. The first kappa shape index (κ1) is 15.0. The van der Waals surface area contributed by atoms with Crippen molar-refractivity contribution in [3.05, 3.63) is 60.4 Å². The first-order chi connectivity index (χ1) is 11.8. The van der Waals surface area contributed by atoms with Crippen LogP contribution in [0.1, 0.15) is 23.9 Å². The highest BCUT2D eigenvalue weighted by molar-refractivity contribution is 5.30. The summed E-state index contributed by atoms with van der Waals surface area (Å²) in [5.74, 6) is 0.894. The molecule has 0 aliphatic carbocycles. The predicted molar refractivity (Wildman–Crippen MR) is 88.5 cm³/mol. The predicted octanol–water partition coefficient (Wildman–Crippen LogP) is 1.95. The molecular formula is C17H20N6O. The lowest BCUT2D eigenvalue weighted by molar-refractivity contribution is 0.107. The zero-order valence-corrected chi connectivity index (χ0v) is 13.5. The zero-order chi connectivity index (χ0) is 16.4. The molecule has 1 N–H and O–H groups in total. The van der Waals surface area contributed by atoms with E-state index in [0.29, 0.717) is 0 Å². The summed E-state index contributed by atoms with van der Waals surface area (Å²) in [6, 6.07) is 10.3. The molecule has 7 nitrogen and oxygen atoms in total. The lowest BCUT2D eigenvalue weighted by Gasteiger charge is -2.21. The van der Waals surface area contributed by atoms with Crippen molar-refractivity contribution in [3.8, 4) is 5.69 Å². The molecule has 1 fully saturated rings. The molecule has 0 saturated carbocycles. The summed E-state index contributed by atoms with van der Waals surface area (Å²) in [5, 5.41) is 11.5. The molecule has 0 bridgehead atoms. The van der Waals surface area contributed by atoms with Crippen molar-refractivity contribution in [2.24, 2.45) is 0 Å². The third-order valence-electron chi connectivity index (χ3n) is 4.49. The number of nitrogens with one attached hydrogen (secondary N) is 1. The van der Waals surface area contributed by atoms with E-state index >= 15 is 0 Å². The van der Waals surface area contributed by atoms with Crippen LogP contribution in [0.3, 0.4) is 0 Å². The highest BCUT2D eigenvalue weighted by Crippen LogP contribution is 2.32. The van der Waals surface area contributed by atoms with Gasteiger partial charge in [-0.15, -0.1) is 0 Å². The lowest BCUT2D eigenvalue weighted by Crippen LogP contribution is -2.25. The van der Waals surface area contributed by atoms with E-state index in [9.17, 15) is 0 Å². The van der Waals surface area contributed by atoms with Crippen LogP contribution in [0.25, 0.3) is 5.69 Å². The third-order valence-corrected chi connectivity index (χ3v) is 4.49. The fourth-order valence-electron chi connectivity index (χ4n) is 3.27. The van der Waals surface area contributed by atoms with Crippen LogP contribution in [0.2, 0.25) is 0 Å². The molecule has 1 aliphatic rings. The summed E-state index contributed by atoms with van der Waals surface area (Å²) in [6.07, 6.45) is 6.68. The Hall–Kier alpha value is -2.51. The number of aromatic nitrogens is 5. The minimum atomic E-state index is 0.192. The van der Waals surface area contributed by atoms with Gasteiger partial charge in [-0.3, -0.25) is 10.00 Å². The van der Waals surface area contributed by atoms with Crippen molar-refractivity contribution in [1.82, 2.24) is 29.9 Å². The van der Waals surface area contributed by atoms with Gasteiger partial charge in [0, 0.05) is 32.0 Å². The van der Waals surface area contributed by atoms with Crippen molar-refractivity contribution in [3.63, 3.8) is 0 Å². The Balaban J connectivity index is 1.52.